The summed E-state index contributed by atoms with van der Waals surface area (Å²) in [7, 11) is 3.05. The average molecular weight is 315 g/mol. The van der Waals surface area contributed by atoms with Crippen LogP contribution in [0.1, 0.15) is 0 Å². The Morgan fingerprint density at radius 1 is 0.957 bits per heavy atom. The van der Waals surface area contributed by atoms with Gasteiger partial charge in [-0.1, -0.05) is 0 Å². The van der Waals surface area contributed by atoms with Crippen LogP contribution in [0.25, 0.3) is 11.4 Å². The van der Waals surface area contributed by atoms with E-state index in [0.29, 0.717) is 23.3 Å². The first-order chi connectivity index (χ1) is 11.0. The zero-order valence-electron chi connectivity index (χ0n) is 12.7. The van der Waals surface area contributed by atoms with Gasteiger partial charge in [-0.05, 0) is 24.3 Å². The van der Waals surface area contributed by atoms with Crippen molar-refractivity contribution >= 4 is 17.6 Å². The molecule has 0 saturated heterocycles. The number of aliphatic imine (C=N–C) groups is 2. The smallest absolute Gasteiger partial charge is 0.223 e. The van der Waals surface area contributed by atoms with Gasteiger partial charge < -0.3 is 26.7 Å². The molecule has 0 bridgehead atoms. The fraction of sp³-hybridized carbons (Fsp3) is 0.143. The normalized spacial score (nSPS) is 11.0. The van der Waals surface area contributed by atoms with Gasteiger partial charge in [0.1, 0.15) is 0 Å². The highest BCUT2D eigenvalue weighted by atomic mass is 16.5. The Bertz CT molecular complexity index is 715. The first-order valence-electron chi connectivity index (χ1n) is 6.53. The van der Waals surface area contributed by atoms with Gasteiger partial charge in [0.25, 0.3) is 0 Å². The zero-order valence-corrected chi connectivity index (χ0v) is 12.7. The number of methoxy groups -OCH3 is 2. The van der Waals surface area contributed by atoms with Crippen molar-refractivity contribution in [2.24, 2.45) is 27.2 Å². The number of aromatic nitrogens is 2. The second kappa shape index (κ2) is 7.07. The predicted octanol–water partition coefficient (Wildman–Crippen LogP) is 0.380. The monoisotopic (exact) mass is 315 g/mol. The molecule has 0 radical (unpaired) electrons. The van der Waals surface area contributed by atoms with Gasteiger partial charge in [-0.3, -0.25) is 0 Å². The number of benzene rings is 1. The standard InChI is InChI=1S/C14H17N7O2/c1-22-10-7-11(23-2)20-12(19-10)8-3-5-9(6-4-8)18-14(17)21-13(15)16/h3-7H,1-2H3,(H6,15,16,17,18,21). The Hall–Kier alpha value is -3.36. The number of guanidine groups is 2. The molecule has 1 heterocycles. The van der Waals surface area contributed by atoms with Gasteiger partial charge >= 0.3 is 0 Å². The largest absolute Gasteiger partial charge is 0.481 e. The molecule has 0 aliphatic rings. The van der Waals surface area contributed by atoms with Crippen LogP contribution in [0.15, 0.2) is 40.3 Å². The number of nitrogens with two attached hydrogens (primary N) is 3. The van der Waals surface area contributed by atoms with Gasteiger partial charge in [0, 0.05) is 5.56 Å². The van der Waals surface area contributed by atoms with Crippen molar-refractivity contribution < 1.29 is 9.47 Å². The third-order valence-electron chi connectivity index (χ3n) is 2.71. The van der Waals surface area contributed by atoms with Crippen molar-refractivity contribution in [1.29, 1.82) is 0 Å². The molecule has 0 amide bonds. The number of ether oxygens (including phenoxy) is 2. The summed E-state index contributed by atoms with van der Waals surface area (Å²) in [6.07, 6.45) is 0. The molecule has 9 nitrogen and oxygen atoms in total. The summed E-state index contributed by atoms with van der Waals surface area (Å²) in [4.78, 5) is 16.2. The predicted molar refractivity (Wildman–Crippen MR) is 87.7 cm³/mol. The molecule has 0 unspecified atom stereocenters. The maximum Gasteiger partial charge on any atom is 0.223 e. The Labute approximate surface area is 132 Å². The van der Waals surface area contributed by atoms with Crippen LogP contribution in [0.4, 0.5) is 5.69 Å². The van der Waals surface area contributed by atoms with E-state index in [9.17, 15) is 0 Å². The highest BCUT2D eigenvalue weighted by molar-refractivity contribution is 5.93. The van der Waals surface area contributed by atoms with Crippen LogP contribution >= 0.6 is 0 Å². The topological polar surface area (TPSA) is 147 Å². The third-order valence-corrected chi connectivity index (χ3v) is 2.71. The lowest BCUT2D eigenvalue weighted by atomic mass is 10.2. The highest BCUT2D eigenvalue weighted by Crippen LogP contribution is 2.24. The van der Waals surface area contributed by atoms with Gasteiger partial charge in [-0.25, -0.2) is 4.99 Å². The lowest BCUT2D eigenvalue weighted by Gasteiger charge is -2.06. The van der Waals surface area contributed by atoms with Crippen LogP contribution < -0.4 is 26.7 Å². The molecule has 0 aliphatic heterocycles. The quantitative estimate of drug-likeness (QED) is 0.545. The molecule has 0 fully saturated rings. The molecule has 2 rings (SSSR count). The lowest BCUT2D eigenvalue weighted by Crippen LogP contribution is -2.26. The van der Waals surface area contributed by atoms with E-state index in [2.05, 4.69) is 20.0 Å². The molecule has 0 aliphatic carbocycles. The minimum atomic E-state index is -0.153. The molecule has 120 valence electrons. The molecule has 0 atom stereocenters. The summed E-state index contributed by atoms with van der Waals surface area (Å²) in [5.74, 6) is 1.10. The molecule has 23 heavy (non-hydrogen) atoms. The van der Waals surface area contributed by atoms with Gasteiger partial charge in [-0.2, -0.15) is 15.0 Å². The van der Waals surface area contributed by atoms with Gasteiger partial charge in [0.15, 0.2) is 11.8 Å². The summed E-state index contributed by atoms with van der Waals surface area (Å²) in [5.41, 5.74) is 17.4. The SMILES string of the molecule is COc1cc(OC)nc(-c2ccc(N=C(N)N=C(N)N)cc2)n1. The average Bonchev–Trinajstić information content (AvgIpc) is 2.54. The van der Waals surface area contributed by atoms with E-state index < -0.39 is 0 Å². The molecule has 1 aromatic heterocycles. The molecular weight excluding hydrogens is 298 g/mol. The first kappa shape index (κ1) is 16.0. The van der Waals surface area contributed by atoms with Crippen LogP contribution in [0.2, 0.25) is 0 Å². The van der Waals surface area contributed by atoms with E-state index in [0.717, 1.165) is 5.56 Å². The maximum absolute atomic E-state index is 5.58. The van der Waals surface area contributed by atoms with Crippen molar-refractivity contribution in [1.82, 2.24) is 9.97 Å². The summed E-state index contributed by atoms with van der Waals surface area (Å²) in [5, 5.41) is 0. The van der Waals surface area contributed by atoms with E-state index in [-0.39, 0.29) is 11.9 Å². The second-order valence-electron chi connectivity index (χ2n) is 4.33. The van der Waals surface area contributed by atoms with E-state index in [1.807, 2.05) is 0 Å². The van der Waals surface area contributed by atoms with Crippen molar-refractivity contribution in [3.63, 3.8) is 0 Å². The second-order valence-corrected chi connectivity index (χ2v) is 4.33. The van der Waals surface area contributed by atoms with Crippen LogP contribution in [0, 0.1) is 0 Å². The van der Waals surface area contributed by atoms with Crippen LogP contribution in [-0.4, -0.2) is 36.1 Å². The molecular formula is C14H17N7O2. The molecule has 9 heteroatoms. The fourth-order valence-corrected chi connectivity index (χ4v) is 1.72. The summed E-state index contributed by atoms with van der Waals surface area (Å²) >= 11 is 0. The number of hydrogen-bond acceptors (Lipinski definition) is 5. The van der Waals surface area contributed by atoms with Crippen molar-refractivity contribution in [3.05, 3.63) is 30.3 Å². The molecule has 0 saturated carbocycles. The Kier molecular flexibility index (Phi) is 4.92. The van der Waals surface area contributed by atoms with Crippen LogP contribution in [-0.2, 0) is 0 Å². The zero-order chi connectivity index (χ0) is 16.8. The van der Waals surface area contributed by atoms with Gasteiger partial charge in [0.2, 0.25) is 17.7 Å². The van der Waals surface area contributed by atoms with Crippen molar-refractivity contribution in [2.75, 3.05) is 14.2 Å². The highest BCUT2D eigenvalue weighted by Gasteiger charge is 2.07. The van der Waals surface area contributed by atoms with E-state index >= 15 is 0 Å². The molecule has 6 N–H and O–H groups in total. The first-order valence-corrected chi connectivity index (χ1v) is 6.53. The summed E-state index contributed by atoms with van der Waals surface area (Å²) in [6, 6.07) is 8.64. The Morgan fingerprint density at radius 3 is 2.00 bits per heavy atom. The maximum atomic E-state index is 5.58. The van der Waals surface area contributed by atoms with Gasteiger partial charge in [-0.15, -0.1) is 0 Å². The van der Waals surface area contributed by atoms with Crippen LogP contribution in [0.3, 0.4) is 0 Å². The minimum Gasteiger partial charge on any atom is -0.481 e. The van der Waals surface area contributed by atoms with Crippen molar-refractivity contribution in [2.45, 2.75) is 0 Å². The van der Waals surface area contributed by atoms with E-state index in [1.165, 1.54) is 14.2 Å². The van der Waals surface area contributed by atoms with Crippen LogP contribution in [0.5, 0.6) is 11.8 Å². The Balaban J connectivity index is 2.31. The summed E-state index contributed by atoms with van der Waals surface area (Å²) in [6.45, 7) is 0. The number of hydrogen-bond donors (Lipinski definition) is 3. The molecule has 1 aromatic carbocycles. The molecule has 0 spiro atoms. The molecule has 2 aromatic rings. The minimum absolute atomic E-state index is 0.0305. The van der Waals surface area contributed by atoms with Gasteiger partial charge in [0.05, 0.1) is 26.0 Å². The van der Waals surface area contributed by atoms with Crippen molar-refractivity contribution in [3.8, 4) is 23.1 Å². The number of nitrogens with zero attached hydrogens (tertiary/aromatic N) is 4. The lowest BCUT2D eigenvalue weighted by molar-refractivity contribution is 0.372. The Morgan fingerprint density at radius 2 is 1.52 bits per heavy atom. The fourth-order valence-electron chi connectivity index (χ4n) is 1.72. The van der Waals surface area contributed by atoms with E-state index in [1.54, 1.807) is 30.3 Å². The third kappa shape index (κ3) is 4.30. The van der Waals surface area contributed by atoms with E-state index in [4.69, 9.17) is 26.7 Å². The summed E-state index contributed by atoms with van der Waals surface area (Å²) < 4.78 is 10.2. The number of rotatable bonds is 4.